The minimum Gasteiger partial charge on any atom is -0.756 e. The van der Waals surface area contributed by atoms with E-state index in [0.717, 1.165) is 36.0 Å². The van der Waals surface area contributed by atoms with E-state index in [9.17, 15) is 0 Å². The second-order valence-electron chi connectivity index (χ2n) is 7.55. The average molecular weight is 499 g/mol. The van der Waals surface area contributed by atoms with E-state index < -0.39 is 7.82 Å². The molecule has 0 bridgehead atoms. The molecule has 174 valence electrons. The molecule has 0 saturated heterocycles. The summed E-state index contributed by atoms with van der Waals surface area (Å²) >= 11 is 11.9. The molecule has 0 aliphatic heterocycles. The van der Waals surface area contributed by atoms with Gasteiger partial charge < -0.3 is 14.7 Å². The molecule has 1 aromatic heterocycles. The number of nitrogens with zero attached hydrogens (tertiary/aromatic N) is 2. The fourth-order valence-electron chi connectivity index (χ4n) is 3.25. The summed E-state index contributed by atoms with van der Waals surface area (Å²) in [4.78, 5) is 22.9. The van der Waals surface area contributed by atoms with Gasteiger partial charge in [0.25, 0.3) is 7.82 Å². The quantitative estimate of drug-likeness (QED) is 0.243. The van der Waals surface area contributed by atoms with Crippen molar-refractivity contribution in [3.05, 3.63) is 88.4 Å². The van der Waals surface area contributed by atoms with Gasteiger partial charge in [0.15, 0.2) is 0 Å². The molecule has 3 aromatic rings. The zero-order valence-corrected chi connectivity index (χ0v) is 20.2. The third-order valence-corrected chi connectivity index (χ3v) is 5.34. The highest BCUT2D eigenvalue weighted by atomic mass is 35.5. The van der Waals surface area contributed by atoms with Crippen LogP contribution in [0.25, 0.3) is 0 Å². The Kier molecular flexibility index (Phi) is 11.5. The van der Waals surface area contributed by atoms with Gasteiger partial charge in [0.05, 0.1) is 13.1 Å². The molecular formula is C23H29Cl2N2O4P. The van der Waals surface area contributed by atoms with Crippen molar-refractivity contribution in [3.63, 3.8) is 0 Å². The Hall–Kier alpha value is -1.66. The summed E-state index contributed by atoms with van der Waals surface area (Å²) in [6, 6.07) is 16.4. The minimum atomic E-state index is -4.89. The summed E-state index contributed by atoms with van der Waals surface area (Å²) < 4.78 is 13.4. The highest BCUT2D eigenvalue weighted by molar-refractivity contribution is 7.43. The van der Waals surface area contributed by atoms with Crippen molar-refractivity contribution in [2.75, 3.05) is 0 Å². The number of imidazole rings is 1. The van der Waals surface area contributed by atoms with Crippen molar-refractivity contribution >= 4 is 31.0 Å². The number of hydrogen-bond acceptors (Lipinski definition) is 2. The van der Waals surface area contributed by atoms with Gasteiger partial charge in [-0.3, -0.25) is 4.57 Å². The number of hydrogen-bond donors (Lipinski definition) is 2. The van der Waals surface area contributed by atoms with E-state index in [1.807, 2.05) is 24.3 Å². The summed E-state index contributed by atoms with van der Waals surface area (Å²) in [6.45, 7) is 2.15. The smallest absolute Gasteiger partial charge is 0.262 e. The molecule has 0 fully saturated rings. The molecule has 32 heavy (non-hydrogen) atoms. The first-order chi connectivity index (χ1) is 15.2. The zero-order chi connectivity index (χ0) is 23.4. The maximum absolute atomic E-state index is 8.77. The summed E-state index contributed by atoms with van der Waals surface area (Å²) in [7, 11) is -4.89. The SMILES string of the molecule is Clc1ccc(CCCCn2cc[n+](CCCCc3ccc(Cl)cc3)c2)cc1.O=P([O-])(O)O. The van der Waals surface area contributed by atoms with Crippen LogP contribution in [0.1, 0.15) is 36.8 Å². The molecule has 0 aliphatic carbocycles. The Labute approximate surface area is 199 Å². The van der Waals surface area contributed by atoms with Crippen LogP contribution in [0.4, 0.5) is 0 Å². The Bertz CT molecular complexity index is 896. The lowest BCUT2D eigenvalue weighted by atomic mass is 10.1. The van der Waals surface area contributed by atoms with Crippen LogP contribution >= 0.6 is 31.0 Å². The Morgan fingerprint density at radius 3 is 1.81 bits per heavy atom. The van der Waals surface area contributed by atoms with Gasteiger partial charge in [-0.15, -0.1) is 0 Å². The number of rotatable bonds is 10. The van der Waals surface area contributed by atoms with Crippen molar-refractivity contribution in [2.45, 2.75) is 51.6 Å². The molecule has 0 unspecified atom stereocenters. The van der Waals surface area contributed by atoms with Crippen molar-refractivity contribution in [1.29, 1.82) is 0 Å². The lowest BCUT2D eigenvalue weighted by Crippen LogP contribution is -2.30. The summed E-state index contributed by atoms with van der Waals surface area (Å²) in [6.07, 6.45) is 13.6. The van der Waals surface area contributed by atoms with E-state index in [1.54, 1.807) is 0 Å². The van der Waals surface area contributed by atoms with E-state index >= 15 is 0 Å². The monoisotopic (exact) mass is 498 g/mol. The number of aryl methyl sites for hydroxylation is 4. The molecule has 0 saturated carbocycles. The molecule has 9 heteroatoms. The van der Waals surface area contributed by atoms with Crippen molar-refractivity contribution in [1.82, 2.24) is 4.57 Å². The van der Waals surface area contributed by atoms with Crippen LogP contribution in [-0.4, -0.2) is 14.4 Å². The molecule has 1 heterocycles. The molecule has 2 aromatic carbocycles. The van der Waals surface area contributed by atoms with Gasteiger partial charge in [-0.2, -0.15) is 0 Å². The predicted octanol–water partition coefficient (Wildman–Crippen LogP) is 4.57. The molecular weight excluding hydrogens is 470 g/mol. The third-order valence-electron chi connectivity index (χ3n) is 4.84. The standard InChI is InChI=1S/C23H27Cl2N2.H3O4P/c24-22-11-7-20(8-12-22)5-1-3-15-26-17-18-27(19-26)16-4-2-6-21-9-13-23(25)14-10-21;1-5(2,3)4/h7-14,17-19H,1-6,15-16H2;(H3,1,2,3,4)/q+1;/p-1. The van der Waals surface area contributed by atoms with Crippen LogP contribution in [-0.2, 0) is 30.5 Å². The predicted molar refractivity (Wildman–Crippen MR) is 125 cm³/mol. The van der Waals surface area contributed by atoms with E-state index in [-0.39, 0.29) is 0 Å². The lowest BCUT2D eigenvalue weighted by molar-refractivity contribution is -0.696. The first-order valence-corrected chi connectivity index (χ1v) is 12.8. The minimum absolute atomic E-state index is 0.809. The van der Waals surface area contributed by atoms with E-state index in [0.29, 0.717) is 0 Å². The topological polar surface area (TPSA) is 89.4 Å². The van der Waals surface area contributed by atoms with Gasteiger partial charge >= 0.3 is 0 Å². The Balaban J connectivity index is 0.000000654. The van der Waals surface area contributed by atoms with Crippen molar-refractivity contribution in [2.24, 2.45) is 0 Å². The average Bonchev–Trinajstić information content (AvgIpc) is 3.18. The molecule has 2 N–H and O–H groups in total. The fourth-order valence-corrected chi connectivity index (χ4v) is 3.50. The second kappa shape index (κ2) is 13.8. The second-order valence-corrected chi connectivity index (χ2v) is 9.40. The molecule has 0 aliphatic rings. The third kappa shape index (κ3) is 12.4. The van der Waals surface area contributed by atoms with Gasteiger partial charge in [0, 0.05) is 10.0 Å². The van der Waals surface area contributed by atoms with Crippen LogP contribution in [0.3, 0.4) is 0 Å². The molecule has 0 spiro atoms. The van der Waals surface area contributed by atoms with Crippen LogP contribution in [0.15, 0.2) is 67.3 Å². The first-order valence-electron chi connectivity index (χ1n) is 10.5. The summed E-state index contributed by atoms with van der Waals surface area (Å²) in [5.41, 5.74) is 2.73. The van der Waals surface area contributed by atoms with E-state index in [1.165, 1.54) is 36.8 Å². The molecule has 0 radical (unpaired) electrons. The van der Waals surface area contributed by atoms with Gasteiger partial charge in [0.2, 0.25) is 6.33 Å². The van der Waals surface area contributed by atoms with E-state index in [2.05, 4.69) is 52.1 Å². The molecule has 0 amide bonds. The molecule has 3 rings (SSSR count). The first kappa shape index (κ1) is 26.6. The highest BCUT2D eigenvalue weighted by Gasteiger charge is 2.04. The largest absolute Gasteiger partial charge is 0.756 e. The van der Waals surface area contributed by atoms with E-state index in [4.69, 9.17) is 42.4 Å². The summed E-state index contributed by atoms with van der Waals surface area (Å²) in [5.74, 6) is 0. The maximum atomic E-state index is 8.77. The Morgan fingerprint density at radius 2 is 1.31 bits per heavy atom. The lowest BCUT2D eigenvalue weighted by Gasteiger charge is -2.01. The van der Waals surface area contributed by atoms with Crippen molar-refractivity contribution < 1.29 is 23.8 Å². The normalized spacial score (nSPS) is 11.2. The number of halogens is 2. The number of benzene rings is 2. The van der Waals surface area contributed by atoms with Crippen LogP contribution in [0.5, 0.6) is 0 Å². The Morgan fingerprint density at radius 1 is 0.844 bits per heavy atom. The van der Waals surface area contributed by atoms with Crippen LogP contribution < -0.4 is 9.46 Å². The van der Waals surface area contributed by atoms with Gasteiger partial charge in [0.1, 0.15) is 12.4 Å². The van der Waals surface area contributed by atoms with Crippen LogP contribution in [0.2, 0.25) is 10.0 Å². The number of phosphoric acid groups is 1. The van der Waals surface area contributed by atoms with Gasteiger partial charge in [-0.25, -0.2) is 9.13 Å². The van der Waals surface area contributed by atoms with Crippen LogP contribution in [0, 0.1) is 0 Å². The zero-order valence-electron chi connectivity index (χ0n) is 17.8. The van der Waals surface area contributed by atoms with Crippen molar-refractivity contribution in [3.8, 4) is 0 Å². The molecule has 6 nitrogen and oxygen atoms in total. The molecule has 0 atom stereocenters. The van der Waals surface area contributed by atoms with Gasteiger partial charge in [-0.1, -0.05) is 47.5 Å². The highest BCUT2D eigenvalue weighted by Crippen LogP contribution is 2.19. The van der Waals surface area contributed by atoms with Gasteiger partial charge in [-0.05, 0) is 73.9 Å². The number of unbranched alkanes of at least 4 members (excludes halogenated alkanes) is 2. The maximum Gasteiger partial charge on any atom is 0.262 e. The number of aromatic nitrogens is 2. The summed E-state index contributed by atoms with van der Waals surface area (Å²) in [5, 5.41) is 1.62. The fraction of sp³-hybridized carbons (Fsp3) is 0.348.